The Morgan fingerprint density at radius 1 is 1.28 bits per heavy atom. The fourth-order valence-electron chi connectivity index (χ4n) is 4.96. The maximum absolute atomic E-state index is 15.3. The lowest BCUT2D eigenvalue weighted by Crippen LogP contribution is -2.30. The van der Waals surface area contributed by atoms with E-state index in [1.807, 2.05) is 20.8 Å². The number of aryl methyl sites for hydroxylation is 1. The Bertz CT molecular complexity index is 1070. The normalized spacial score (nSPS) is 22.5. The Morgan fingerprint density at radius 2 is 1.97 bits per heavy atom. The van der Waals surface area contributed by atoms with Crippen LogP contribution in [0.2, 0.25) is 0 Å². The number of amides is 1. The summed E-state index contributed by atoms with van der Waals surface area (Å²) in [5.41, 5.74) is 7.96. The van der Waals surface area contributed by atoms with Gasteiger partial charge in [-0.1, -0.05) is 20.8 Å². The third-order valence-electron chi connectivity index (χ3n) is 6.59. The monoisotopic (exact) mass is 442 g/mol. The van der Waals surface area contributed by atoms with E-state index in [0.717, 1.165) is 18.9 Å². The highest BCUT2D eigenvalue weighted by Crippen LogP contribution is 2.38. The molecule has 4 N–H and O–H groups in total. The first-order valence-corrected chi connectivity index (χ1v) is 11.3. The minimum atomic E-state index is -0.721. The molecule has 1 aromatic carbocycles. The number of Topliss-reactive ketones (excluding diaryl/α,β-unsaturated/α-hetero) is 1. The van der Waals surface area contributed by atoms with Gasteiger partial charge in [-0.25, -0.2) is 9.07 Å². The van der Waals surface area contributed by atoms with Crippen molar-refractivity contribution < 1.29 is 19.1 Å². The van der Waals surface area contributed by atoms with E-state index in [9.17, 15) is 14.7 Å². The van der Waals surface area contributed by atoms with Gasteiger partial charge in [0.15, 0.2) is 5.78 Å². The zero-order valence-corrected chi connectivity index (χ0v) is 18.9. The number of hydrogen-bond acceptors (Lipinski definition) is 5. The van der Waals surface area contributed by atoms with Crippen molar-refractivity contribution in [1.82, 2.24) is 9.78 Å². The molecule has 0 unspecified atom stereocenters. The second kappa shape index (κ2) is 8.31. The largest absolute Gasteiger partial charge is 0.393 e. The first-order valence-electron chi connectivity index (χ1n) is 11.3. The van der Waals surface area contributed by atoms with Crippen LogP contribution in [0.3, 0.4) is 0 Å². The molecule has 32 heavy (non-hydrogen) atoms. The fraction of sp³-hybridized carbons (Fsp3) is 0.542. The lowest BCUT2D eigenvalue weighted by molar-refractivity contribution is 0.0909. The van der Waals surface area contributed by atoms with Crippen molar-refractivity contribution >= 4 is 17.4 Å². The molecule has 1 saturated carbocycles. The zero-order valence-electron chi connectivity index (χ0n) is 18.9. The molecule has 4 rings (SSSR count). The Labute approximate surface area is 187 Å². The number of hydrogen-bond donors (Lipinski definition) is 3. The lowest BCUT2D eigenvalue weighted by atomic mass is 9.75. The van der Waals surface area contributed by atoms with Crippen LogP contribution in [-0.2, 0) is 12.8 Å². The molecule has 0 bridgehead atoms. The van der Waals surface area contributed by atoms with E-state index in [-0.39, 0.29) is 34.6 Å². The highest BCUT2D eigenvalue weighted by atomic mass is 19.1. The Morgan fingerprint density at radius 3 is 2.59 bits per heavy atom. The van der Waals surface area contributed by atoms with Crippen molar-refractivity contribution in [3.8, 4) is 5.69 Å². The average Bonchev–Trinajstić information content (AvgIpc) is 3.08. The number of carbonyl (C=O) groups is 2. The standard InChI is InChI=1S/C24H31FN4O3/c1-4-17-22-20(11-24(2,3)12-21(22)31)29(28-17)19-10-18(15(23(26)32)9-16(19)25)27-13-5-7-14(30)8-6-13/h9-10,13-14,27,30H,4-8,11-12H2,1-3H3,(H2,26,32). The summed E-state index contributed by atoms with van der Waals surface area (Å²) in [5, 5.41) is 17.7. The molecule has 0 radical (unpaired) electrons. The summed E-state index contributed by atoms with van der Waals surface area (Å²) in [6.45, 7) is 5.97. The smallest absolute Gasteiger partial charge is 0.250 e. The summed E-state index contributed by atoms with van der Waals surface area (Å²) in [7, 11) is 0. The van der Waals surface area contributed by atoms with E-state index in [1.54, 1.807) is 6.07 Å². The van der Waals surface area contributed by atoms with Crippen molar-refractivity contribution in [3.63, 3.8) is 0 Å². The van der Waals surface area contributed by atoms with Crippen LogP contribution in [0.1, 0.15) is 85.0 Å². The Kier molecular flexibility index (Phi) is 5.83. The molecule has 1 amide bonds. The molecule has 7 nitrogen and oxygen atoms in total. The quantitative estimate of drug-likeness (QED) is 0.656. The third-order valence-corrected chi connectivity index (χ3v) is 6.59. The number of carbonyl (C=O) groups excluding carboxylic acids is 2. The Balaban J connectivity index is 1.81. The molecule has 0 spiro atoms. The molecule has 2 aliphatic carbocycles. The molecular formula is C24H31FN4O3. The predicted octanol–water partition coefficient (Wildman–Crippen LogP) is 3.54. The van der Waals surface area contributed by atoms with E-state index in [1.165, 1.54) is 4.68 Å². The minimum Gasteiger partial charge on any atom is -0.393 e. The number of rotatable bonds is 5. The maximum Gasteiger partial charge on any atom is 0.250 e. The molecule has 1 aromatic heterocycles. The molecule has 172 valence electrons. The van der Waals surface area contributed by atoms with Gasteiger partial charge >= 0.3 is 0 Å². The molecule has 1 fully saturated rings. The lowest BCUT2D eigenvalue weighted by Gasteiger charge is -2.29. The van der Waals surface area contributed by atoms with Gasteiger partial charge in [0.05, 0.1) is 28.6 Å². The molecular weight excluding hydrogens is 411 g/mol. The van der Waals surface area contributed by atoms with E-state index in [2.05, 4.69) is 10.4 Å². The molecule has 8 heteroatoms. The highest BCUT2D eigenvalue weighted by molar-refractivity contribution is 6.00. The van der Waals surface area contributed by atoms with Crippen LogP contribution in [0.15, 0.2) is 12.1 Å². The summed E-state index contributed by atoms with van der Waals surface area (Å²) in [4.78, 5) is 24.9. The van der Waals surface area contributed by atoms with Gasteiger partial charge in [-0.05, 0) is 56.1 Å². The van der Waals surface area contributed by atoms with E-state index in [4.69, 9.17) is 5.73 Å². The van der Waals surface area contributed by atoms with Crippen molar-refractivity contribution in [1.29, 1.82) is 0 Å². The van der Waals surface area contributed by atoms with Crippen molar-refractivity contribution in [2.45, 2.75) is 77.9 Å². The van der Waals surface area contributed by atoms with Gasteiger partial charge < -0.3 is 16.2 Å². The van der Waals surface area contributed by atoms with Crippen LogP contribution >= 0.6 is 0 Å². The Hall–Kier alpha value is -2.74. The number of aliphatic hydroxyl groups excluding tert-OH is 1. The van der Waals surface area contributed by atoms with Gasteiger partial charge in [0.1, 0.15) is 11.5 Å². The number of nitrogens with two attached hydrogens (primary N) is 1. The van der Waals surface area contributed by atoms with Gasteiger partial charge in [-0.15, -0.1) is 0 Å². The average molecular weight is 443 g/mol. The SMILES string of the molecule is CCc1nn(-c2cc(NC3CCC(O)CC3)c(C(N)=O)cc2F)c2c1C(=O)CC(C)(C)C2. The highest BCUT2D eigenvalue weighted by Gasteiger charge is 2.37. The van der Waals surface area contributed by atoms with Gasteiger partial charge in [0.25, 0.3) is 5.91 Å². The number of ketones is 1. The number of halogens is 1. The molecule has 2 aromatic rings. The first kappa shape index (κ1) is 22.5. The number of nitrogens with one attached hydrogen (secondary N) is 1. The van der Waals surface area contributed by atoms with Crippen LogP contribution < -0.4 is 11.1 Å². The number of aliphatic hydroxyl groups is 1. The number of fused-ring (bicyclic) bond motifs is 1. The summed E-state index contributed by atoms with van der Waals surface area (Å²) >= 11 is 0. The van der Waals surface area contributed by atoms with Crippen LogP contribution in [0, 0.1) is 11.2 Å². The van der Waals surface area contributed by atoms with E-state index < -0.39 is 11.7 Å². The molecule has 0 saturated heterocycles. The molecule has 0 aliphatic heterocycles. The maximum atomic E-state index is 15.3. The predicted molar refractivity (Wildman–Crippen MR) is 120 cm³/mol. The van der Waals surface area contributed by atoms with Crippen LogP contribution in [0.5, 0.6) is 0 Å². The second-order valence-corrected chi connectivity index (χ2v) is 9.84. The van der Waals surface area contributed by atoms with Crippen molar-refractivity contribution in [2.24, 2.45) is 11.1 Å². The summed E-state index contributed by atoms with van der Waals surface area (Å²) < 4.78 is 16.8. The van der Waals surface area contributed by atoms with Crippen molar-refractivity contribution in [3.05, 3.63) is 40.5 Å². The van der Waals surface area contributed by atoms with E-state index in [0.29, 0.717) is 54.7 Å². The zero-order chi connectivity index (χ0) is 23.2. The second-order valence-electron chi connectivity index (χ2n) is 9.84. The number of benzene rings is 1. The van der Waals surface area contributed by atoms with Gasteiger partial charge in [-0.3, -0.25) is 9.59 Å². The van der Waals surface area contributed by atoms with Crippen LogP contribution in [0.25, 0.3) is 5.69 Å². The fourth-order valence-corrected chi connectivity index (χ4v) is 4.96. The third kappa shape index (κ3) is 4.16. The van der Waals surface area contributed by atoms with Crippen LogP contribution in [-0.4, -0.2) is 38.7 Å². The number of nitrogens with zero attached hydrogens (tertiary/aromatic N) is 2. The number of anilines is 1. The van der Waals surface area contributed by atoms with Crippen LogP contribution in [0.4, 0.5) is 10.1 Å². The van der Waals surface area contributed by atoms with E-state index >= 15 is 4.39 Å². The van der Waals surface area contributed by atoms with Gasteiger partial charge in [0, 0.05) is 18.2 Å². The van der Waals surface area contributed by atoms with Gasteiger partial charge in [0.2, 0.25) is 0 Å². The molecule has 0 atom stereocenters. The summed E-state index contributed by atoms with van der Waals surface area (Å²) in [6, 6.07) is 2.76. The topological polar surface area (TPSA) is 110 Å². The number of aromatic nitrogens is 2. The molecule has 1 heterocycles. The summed E-state index contributed by atoms with van der Waals surface area (Å²) in [5.74, 6) is -1.30. The first-order chi connectivity index (χ1) is 15.1. The number of primary amides is 1. The van der Waals surface area contributed by atoms with Crippen molar-refractivity contribution in [2.75, 3.05) is 5.32 Å². The molecule has 2 aliphatic rings. The summed E-state index contributed by atoms with van der Waals surface area (Å²) in [6.07, 6.45) is 4.11. The van der Waals surface area contributed by atoms with Gasteiger partial charge in [-0.2, -0.15) is 5.10 Å². The minimum absolute atomic E-state index is 0.0348.